The zero-order valence-electron chi connectivity index (χ0n) is 13.8. The van der Waals surface area contributed by atoms with Crippen molar-refractivity contribution in [2.45, 2.75) is 32.8 Å². The van der Waals surface area contributed by atoms with Gasteiger partial charge < -0.3 is 14.2 Å². The van der Waals surface area contributed by atoms with Crippen molar-refractivity contribution < 1.29 is 14.2 Å². The van der Waals surface area contributed by atoms with E-state index in [-0.39, 0.29) is 6.10 Å². The third-order valence-electron chi connectivity index (χ3n) is 3.81. The summed E-state index contributed by atoms with van der Waals surface area (Å²) in [6.07, 6.45) is 1.93. The quantitative estimate of drug-likeness (QED) is 0.849. The van der Waals surface area contributed by atoms with Gasteiger partial charge in [-0.05, 0) is 44.4 Å². The Kier molecular flexibility index (Phi) is 4.65. The molecule has 1 atom stereocenters. The van der Waals surface area contributed by atoms with Gasteiger partial charge in [-0.2, -0.15) is 5.10 Å². The van der Waals surface area contributed by atoms with E-state index in [0.29, 0.717) is 18.4 Å². The Morgan fingerprint density at radius 1 is 1.22 bits per heavy atom. The summed E-state index contributed by atoms with van der Waals surface area (Å²) in [6, 6.07) is 9.86. The summed E-state index contributed by atoms with van der Waals surface area (Å²) in [6.45, 7) is 4.63. The molecule has 2 aromatic rings. The van der Waals surface area contributed by atoms with Crippen molar-refractivity contribution in [3.05, 3.63) is 41.6 Å². The van der Waals surface area contributed by atoms with Gasteiger partial charge in [0.2, 0.25) is 5.88 Å². The van der Waals surface area contributed by atoms with Crippen molar-refractivity contribution in [2.75, 3.05) is 13.7 Å². The average Bonchev–Trinajstić information content (AvgIpc) is 2.55. The van der Waals surface area contributed by atoms with Crippen LogP contribution in [0.4, 0.5) is 0 Å². The van der Waals surface area contributed by atoms with Crippen LogP contribution in [0.15, 0.2) is 30.3 Å². The van der Waals surface area contributed by atoms with Crippen LogP contribution in [-0.4, -0.2) is 30.0 Å². The highest BCUT2D eigenvalue weighted by Crippen LogP contribution is 2.31. The third kappa shape index (κ3) is 3.92. The van der Waals surface area contributed by atoms with Crippen LogP contribution in [0.25, 0.3) is 0 Å². The first-order valence-electron chi connectivity index (χ1n) is 7.93. The molecule has 23 heavy (non-hydrogen) atoms. The number of aromatic nitrogens is 2. The molecule has 0 radical (unpaired) electrons. The normalized spacial score (nSPS) is 16.6. The van der Waals surface area contributed by atoms with E-state index < -0.39 is 0 Å². The third-order valence-corrected chi connectivity index (χ3v) is 3.81. The molecule has 0 saturated heterocycles. The predicted molar refractivity (Wildman–Crippen MR) is 87.2 cm³/mol. The number of benzene rings is 1. The van der Waals surface area contributed by atoms with Crippen molar-refractivity contribution in [3.63, 3.8) is 0 Å². The Morgan fingerprint density at radius 2 is 2.09 bits per heavy atom. The zero-order valence-corrected chi connectivity index (χ0v) is 13.8. The van der Waals surface area contributed by atoms with Crippen molar-refractivity contribution >= 4 is 0 Å². The highest BCUT2D eigenvalue weighted by Gasteiger charge is 2.21. The lowest BCUT2D eigenvalue weighted by Gasteiger charge is -2.25. The number of hydrogen-bond donors (Lipinski definition) is 0. The van der Waals surface area contributed by atoms with E-state index in [9.17, 15) is 0 Å². The minimum absolute atomic E-state index is 0.107. The van der Waals surface area contributed by atoms with Crippen LogP contribution in [0, 0.1) is 5.92 Å². The number of methoxy groups -OCH3 is 1. The van der Waals surface area contributed by atoms with Gasteiger partial charge in [-0.15, -0.1) is 5.10 Å². The number of hydrogen-bond acceptors (Lipinski definition) is 5. The van der Waals surface area contributed by atoms with Crippen molar-refractivity contribution in [1.82, 2.24) is 10.2 Å². The molecule has 1 aliphatic heterocycles. The first-order chi connectivity index (χ1) is 11.1. The maximum Gasteiger partial charge on any atom is 0.233 e. The molecule has 0 fully saturated rings. The highest BCUT2D eigenvalue weighted by atomic mass is 16.5. The minimum Gasteiger partial charge on any atom is -0.497 e. The van der Waals surface area contributed by atoms with E-state index in [1.54, 1.807) is 7.11 Å². The van der Waals surface area contributed by atoms with Crippen LogP contribution in [-0.2, 0) is 12.8 Å². The van der Waals surface area contributed by atoms with Gasteiger partial charge in [-0.1, -0.05) is 6.07 Å². The van der Waals surface area contributed by atoms with Crippen LogP contribution in [0.3, 0.4) is 0 Å². The second-order valence-corrected chi connectivity index (χ2v) is 6.09. The molecule has 122 valence electrons. The molecule has 1 aromatic heterocycles. The maximum atomic E-state index is 5.87. The first kappa shape index (κ1) is 15.6. The summed E-state index contributed by atoms with van der Waals surface area (Å²) in [4.78, 5) is 0. The second kappa shape index (κ2) is 6.86. The molecule has 0 spiro atoms. The molecule has 5 heteroatoms. The van der Waals surface area contributed by atoms with Gasteiger partial charge in [-0.3, -0.25) is 0 Å². The maximum absolute atomic E-state index is 5.87. The van der Waals surface area contributed by atoms with Gasteiger partial charge in [0.25, 0.3) is 0 Å². The molecule has 0 bridgehead atoms. The molecule has 1 aromatic carbocycles. The monoisotopic (exact) mass is 314 g/mol. The molecule has 0 N–H and O–H groups in total. The molecular formula is C18H22N2O3. The van der Waals surface area contributed by atoms with Gasteiger partial charge >= 0.3 is 0 Å². The van der Waals surface area contributed by atoms with Gasteiger partial charge in [0.05, 0.1) is 25.5 Å². The van der Waals surface area contributed by atoms with Crippen molar-refractivity contribution in [2.24, 2.45) is 5.92 Å². The highest BCUT2D eigenvalue weighted by molar-refractivity contribution is 5.42. The summed E-state index contributed by atoms with van der Waals surface area (Å²) in [5.41, 5.74) is 2.18. The lowest BCUT2D eigenvalue weighted by atomic mass is 9.92. The molecule has 0 saturated carbocycles. The van der Waals surface area contributed by atoms with Gasteiger partial charge in [-0.25, -0.2) is 0 Å². The molecule has 0 unspecified atom stereocenters. The van der Waals surface area contributed by atoms with Crippen molar-refractivity contribution in [1.29, 1.82) is 0 Å². The van der Waals surface area contributed by atoms with Crippen LogP contribution < -0.4 is 14.2 Å². The molecule has 0 aliphatic carbocycles. The largest absolute Gasteiger partial charge is 0.497 e. The van der Waals surface area contributed by atoms with Crippen LogP contribution in [0.5, 0.6) is 17.4 Å². The summed E-state index contributed by atoms with van der Waals surface area (Å²) in [5, 5.41) is 8.38. The molecule has 1 aliphatic rings. The Morgan fingerprint density at radius 3 is 2.78 bits per heavy atom. The lowest BCUT2D eigenvalue weighted by molar-refractivity contribution is 0.217. The minimum atomic E-state index is 0.107. The zero-order chi connectivity index (χ0) is 16.2. The second-order valence-electron chi connectivity index (χ2n) is 6.09. The standard InChI is InChI=1S/C18H22N2O3/c1-12(2)23-18-7-5-15(19-20-18)9-13-8-14-4-6-16(21-3)10-17(14)22-11-13/h4-7,10,12-13H,8-9,11H2,1-3H3/t13-/m1/s1. The average molecular weight is 314 g/mol. The van der Waals surface area contributed by atoms with Gasteiger partial charge in [0.1, 0.15) is 11.5 Å². The summed E-state index contributed by atoms with van der Waals surface area (Å²) < 4.78 is 16.6. The Hall–Kier alpha value is -2.30. The molecule has 2 heterocycles. The fourth-order valence-corrected chi connectivity index (χ4v) is 2.73. The fraction of sp³-hybridized carbons (Fsp3) is 0.444. The number of rotatable bonds is 5. The number of fused-ring (bicyclic) bond motifs is 1. The summed E-state index contributed by atoms with van der Waals surface area (Å²) in [5.74, 6) is 2.73. The number of ether oxygens (including phenoxy) is 3. The van der Waals surface area contributed by atoms with Crippen molar-refractivity contribution in [3.8, 4) is 17.4 Å². The smallest absolute Gasteiger partial charge is 0.233 e. The van der Waals surface area contributed by atoms with Crippen LogP contribution in [0.2, 0.25) is 0 Å². The number of nitrogens with zero attached hydrogens (tertiary/aromatic N) is 2. The summed E-state index contributed by atoms with van der Waals surface area (Å²) in [7, 11) is 1.67. The van der Waals surface area contributed by atoms with E-state index >= 15 is 0 Å². The van der Waals surface area contributed by atoms with E-state index in [2.05, 4.69) is 16.3 Å². The van der Waals surface area contributed by atoms with E-state index in [4.69, 9.17) is 14.2 Å². The topological polar surface area (TPSA) is 53.5 Å². The van der Waals surface area contributed by atoms with Crippen LogP contribution >= 0.6 is 0 Å². The van der Waals surface area contributed by atoms with Crippen LogP contribution in [0.1, 0.15) is 25.1 Å². The molecule has 5 nitrogen and oxygen atoms in total. The van der Waals surface area contributed by atoms with Gasteiger partial charge in [0, 0.05) is 18.1 Å². The Bertz CT molecular complexity index is 656. The van der Waals surface area contributed by atoms with E-state index in [1.165, 1.54) is 5.56 Å². The van der Waals surface area contributed by atoms with E-state index in [0.717, 1.165) is 30.0 Å². The Labute approximate surface area is 136 Å². The van der Waals surface area contributed by atoms with Gasteiger partial charge in [0.15, 0.2) is 0 Å². The molecular weight excluding hydrogens is 292 g/mol. The van der Waals surface area contributed by atoms with E-state index in [1.807, 2.05) is 38.1 Å². The fourth-order valence-electron chi connectivity index (χ4n) is 2.73. The lowest BCUT2D eigenvalue weighted by Crippen LogP contribution is -2.23. The molecule has 3 rings (SSSR count). The summed E-state index contributed by atoms with van der Waals surface area (Å²) >= 11 is 0. The SMILES string of the molecule is COc1ccc2c(c1)OC[C@@H](Cc1ccc(OC(C)C)nn1)C2. The molecule has 0 amide bonds. The first-order valence-corrected chi connectivity index (χ1v) is 7.93. The predicted octanol–water partition coefficient (Wildman–Crippen LogP) is 3.07. The Balaban J connectivity index is 1.63.